The zero-order valence-corrected chi connectivity index (χ0v) is 15.0. The molecule has 0 bridgehead atoms. The van der Waals surface area contributed by atoms with Crippen LogP contribution >= 0.6 is 15.9 Å². The van der Waals surface area contributed by atoms with Crippen LogP contribution in [-0.4, -0.2) is 13.5 Å². The van der Waals surface area contributed by atoms with Crippen molar-refractivity contribution >= 4 is 31.6 Å². The number of anilines is 1. The van der Waals surface area contributed by atoms with Crippen LogP contribution in [0.25, 0.3) is 0 Å². The number of aromatic hydroxyl groups is 1. The van der Waals surface area contributed by atoms with Crippen LogP contribution in [0.2, 0.25) is 0 Å². The quantitative estimate of drug-likeness (QED) is 0.778. The summed E-state index contributed by atoms with van der Waals surface area (Å²) in [5, 5.41) is 9.44. The Labute approximate surface area is 139 Å². The molecule has 0 aliphatic carbocycles. The Kier molecular flexibility index (Phi) is 4.54. The largest absolute Gasteiger partial charge is 0.507 e. The molecule has 0 aliphatic rings. The molecule has 22 heavy (non-hydrogen) atoms. The minimum atomic E-state index is -3.66. The van der Waals surface area contributed by atoms with Crippen molar-refractivity contribution in [1.82, 2.24) is 0 Å². The molecule has 0 unspecified atom stereocenters. The van der Waals surface area contributed by atoms with E-state index in [9.17, 15) is 13.5 Å². The molecule has 6 heteroatoms. The van der Waals surface area contributed by atoms with Gasteiger partial charge in [-0.25, -0.2) is 8.42 Å². The maximum atomic E-state index is 12.4. The van der Waals surface area contributed by atoms with E-state index >= 15 is 0 Å². The number of phenols is 1. The van der Waals surface area contributed by atoms with E-state index in [0.29, 0.717) is 10.2 Å². The monoisotopic (exact) mass is 383 g/mol. The number of hydrogen-bond donors (Lipinski definition) is 2. The molecule has 2 aromatic carbocycles. The summed E-state index contributed by atoms with van der Waals surface area (Å²) in [5.41, 5.74) is 1.42. The average Bonchev–Trinajstić information content (AvgIpc) is 2.42. The van der Waals surface area contributed by atoms with E-state index in [1.165, 1.54) is 18.2 Å². The van der Waals surface area contributed by atoms with E-state index in [0.717, 1.165) is 5.56 Å². The molecule has 0 heterocycles. The third-order valence-electron chi connectivity index (χ3n) is 3.23. The van der Waals surface area contributed by atoms with Gasteiger partial charge in [0.15, 0.2) is 0 Å². The van der Waals surface area contributed by atoms with E-state index in [1.54, 1.807) is 12.1 Å². The van der Waals surface area contributed by atoms with Crippen molar-refractivity contribution in [2.45, 2.75) is 31.1 Å². The lowest BCUT2D eigenvalue weighted by molar-refractivity contribution is 0.472. The number of halogens is 1. The highest BCUT2D eigenvalue weighted by Crippen LogP contribution is 2.28. The minimum absolute atomic E-state index is 0.0302. The molecule has 0 atom stereocenters. The minimum Gasteiger partial charge on any atom is -0.507 e. The fourth-order valence-corrected chi connectivity index (χ4v) is 3.35. The first-order chi connectivity index (χ1) is 10.1. The fraction of sp³-hybridized carbons (Fsp3) is 0.250. The van der Waals surface area contributed by atoms with Gasteiger partial charge in [-0.3, -0.25) is 4.72 Å². The first-order valence-corrected chi connectivity index (χ1v) is 8.99. The topological polar surface area (TPSA) is 66.4 Å². The average molecular weight is 384 g/mol. The highest BCUT2D eigenvalue weighted by molar-refractivity contribution is 9.10. The van der Waals surface area contributed by atoms with Crippen molar-refractivity contribution in [3.8, 4) is 5.75 Å². The molecule has 0 radical (unpaired) electrons. The Balaban J connectivity index is 2.28. The van der Waals surface area contributed by atoms with Crippen LogP contribution in [0.3, 0.4) is 0 Å². The van der Waals surface area contributed by atoms with Crippen molar-refractivity contribution < 1.29 is 13.5 Å². The molecule has 4 nitrogen and oxygen atoms in total. The lowest BCUT2D eigenvalue weighted by Gasteiger charge is -2.19. The maximum absolute atomic E-state index is 12.4. The van der Waals surface area contributed by atoms with Gasteiger partial charge in [-0.05, 0) is 57.2 Å². The van der Waals surface area contributed by atoms with Crippen molar-refractivity contribution in [2.24, 2.45) is 0 Å². The van der Waals surface area contributed by atoms with Gasteiger partial charge in [0, 0.05) is 0 Å². The van der Waals surface area contributed by atoms with Crippen LogP contribution in [0.1, 0.15) is 26.3 Å². The van der Waals surface area contributed by atoms with Gasteiger partial charge in [0.05, 0.1) is 15.1 Å². The molecule has 0 aliphatic heterocycles. The molecular formula is C16H18BrNO3S. The zero-order chi connectivity index (χ0) is 16.5. The molecule has 118 valence electrons. The van der Waals surface area contributed by atoms with Crippen molar-refractivity contribution in [1.29, 1.82) is 0 Å². The zero-order valence-electron chi connectivity index (χ0n) is 12.6. The van der Waals surface area contributed by atoms with Gasteiger partial charge in [0.2, 0.25) is 0 Å². The van der Waals surface area contributed by atoms with Crippen LogP contribution in [0, 0.1) is 0 Å². The number of rotatable bonds is 3. The van der Waals surface area contributed by atoms with Gasteiger partial charge in [-0.15, -0.1) is 0 Å². The molecule has 0 aromatic heterocycles. The van der Waals surface area contributed by atoms with E-state index in [1.807, 2.05) is 12.1 Å². The van der Waals surface area contributed by atoms with Gasteiger partial charge >= 0.3 is 0 Å². The molecule has 0 saturated carbocycles. The summed E-state index contributed by atoms with van der Waals surface area (Å²) in [7, 11) is -3.66. The third-order valence-corrected chi connectivity index (χ3v) is 5.26. The van der Waals surface area contributed by atoms with Crippen molar-refractivity contribution in [3.63, 3.8) is 0 Å². The molecule has 0 saturated heterocycles. The van der Waals surface area contributed by atoms with Gasteiger partial charge in [0.1, 0.15) is 5.75 Å². The molecule has 0 spiro atoms. The van der Waals surface area contributed by atoms with E-state index in [4.69, 9.17) is 0 Å². The predicted octanol–water partition coefficient (Wildman–Crippen LogP) is 4.25. The summed E-state index contributed by atoms with van der Waals surface area (Å²) in [6.07, 6.45) is 0. The Hall–Kier alpha value is -1.53. The number of nitrogens with one attached hydrogen (secondary N) is 1. The normalized spacial score (nSPS) is 12.2. The standard InChI is InChI=1S/C16H18BrNO3S/c1-16(2,3)11-4-7-13(8-5-11)22(20,21)18-12-6-9-15(19)14(17)10-12/h4-10,18-19H,1-3H3. The summed E-state index contributed by atoms with van der Waals surface area (Å²) >= 11 is 3.16. The lowest BCUT2D eigenvalue weighted by atomic mass is 9.87. The van der Waals surface area contributed by atoms with Crippen molar-refractivity contribution in [2.75, 3.05) is 4.72 Å². The van der Waals surface area contributed by atoms with Crippen LogP contribution < -0.4 is 4.72 Å². The molecule has 0 fully saturated rings. The Morgan fingerprint density at radius 3 is 2.14 bits per heavy atom. The second kappa shape index (κ2) is 5.93. The number of hydrogen-bond acceptors (Lipinski definition) is 3. The Morgan fingerprint density at radius 1 is 1.05 bits per heavy atom. The van der Waals surface area contributed by atoms with E-state index < -0.39 is 10.0 Å². The van der Waals surface area contributed by atoms with Crippen LogP contribution in [-0.2, 0) is 15.4 Å². The molecule has 0 amide bonds. The lowest BCUT2D eigenvalue weighted by Crippen LogP contribution is -2.14. The Bertz CT molecular complexity index is 778. The SMILES string of the molecule is CC(C)(C)c1ccc(S(=O)(=O)Nc2ccc(O)c(Br)c2)cc1. The summed E-state index contributed by atoms with van der Waals surface area (Å²) in [4.78, 5) is 0.199. The van der Waals surface area contributed by atoms with Crippen LogP contribution in [0.15, 0.2) is 51.8 Å². The van der Waals surface area contributed by atoms with Crippen LogP contribution in [0.4, 0.5) is 5.69 Å². The Morgan fingerprint density at radius 2 is 1.64 bits per heavy atom. The number of sulfonamides is 1. The highest BCUT2D eigenvalue weighted by atomic mass is 79.9. The molecule has 2 rings (SSSR count). The second-order valence-corrected chi connectivity index (χ2v) is 8.58. The predicted molar refractivity (Wildman–Crippen MR) is 91.8 cm³/mol. The smallest absolute Gasteiger partial charge is 0.261 e. The van der Waals surface area contributed by atoms with Gasteiger partial charge in [0.25, 0.3) is 10.0 Å². The van der Waals surface area contributed by atoms with E-state index in [-0.39, 0.29) is 16.1 Å². The van der Waals surface area contributed by atoms with Gasteiger partial charge in [-0.2, -0.15) is 0 Å². The summed E-state index contributed by atoms with van der Waals surface area (Å²) < 4.78 is 27.7. The first-order valence-electron chi connectivity index (χ1n) is 6.71. The molecule has 2 aromatic rings. The van der Waals surface area contributed by atoms with Gasteiger partial charge in [-0.1, -0.05) is 32.9 Å². The maximum Gasteiger partial charge on any atom is 0.261 e. The van der Waals surface area contributed by atoms with Crippen molar-refractivity contribution in [3.05, 3.63) is 52.5 Å². The summed E-state index contributed by atoms with van der Waals surface area (Å²) in [6.45, 7) is 6.22. The fourth-order valence-electron chi connectivity index (χ4n) is 1.92. The second-order valence-electron chi connectivity index (χ2n) is 6.05. The van der Waals surface area contributed by atoms with E-state index in [2.05, 4.69) is 41.4 Å². The summed E-state index contributed by atoms with van der Waals surface area (Å²) in [5.74, 6) is 0.0532. The summed E-state index contributed by atoms with van der Waals surface area (Å²) in [6, 6.07) is 11.3. The molecule has 2 N–H and O–H groups in total. The number of phenolic OH excluding ortho intramolecular Hbond substituents is 1. The molecular weight excluding hydrogens is 366 g/mol. The third kappa shape index (κ3) is 3.81. The van der Waals surface area contributed by atoms with Crippen LogP contribution in [0.5, 0.6) is 5.75 Å². The highest BCUT2D eigenvalue weighted by Gasteiger charge is 2.18. The first kappa shape index (κ1) is 16.8. The number of benzene rings is 2. The van der Waals surface area contributed by atoms with Gasteiger partial charge < -0.3 is 5.11 Å².